The molecule has 1 aromatic carbocycles. The molecule has 0 aliphatic heterocycles. The van der Waals surface area contributed by atoms with E-state index in [0.29, 0.717) is 0 Å². The van der Waals surface area contributed by atoms with E-state index in [4.69, 9.17) is 0 Å². The summed E-state index contributed by atoms with van der Waals surface area (Å²) in [6.45, 7) is 2.10. The van der Waals surface area contributed by atoms with Crippen LogP contribution in [0.4, 0.5) is 0 Å². The van der Waals surface area contributed by atoms with Gasteiger partial charge in [0.25, 0.3) is 0 Å². The number of rotatable bonds is 5. The highest BCUT2D eigenvalue weighted by Crippen LogP contribution is 2.31. The standard InChI is InChI=1S/C19H16N4S2/c1-14-6-4-8-16(12-14)23-18(17-9-5-11-24-17)21-22-19(23)25-13-15-7-2-3-10-20-15/h2-12H,13H2,1H3. The largest absolute Gasteiger partial charge is 0.269 e. The third-order valence-electron chi connectivity index (χ3n) is 3.71. The Morgan fingerprint density at radius 3 is 2.76 bits per heavy atom. The molecule has 4 nitrogen and oxygen atoms in total. The number of hydrogen-bond acceptors (Lipinski definition) is 5. The predicted molar refractivity (Wildman–Crippen MR) is 103 cm³/mol. The van der Waals surface area contributed by atoms with Crippen LogP contribution in [0.3, 0.4) is 0 Å². The minimum Gasteiger partial charge on any atom is -0.269 e. The molecule has 0 aliphatic rings. The van der Waals surface area contributed by atoms with Gasteiger partial charge in [-0.15, -0.1) is 21.5 Å². The second-order valence-electron chi connectivity index (χ2n) is 5.57. The molecule has 124 valence electrons. The van der Waals surface area contributed by atoms with Crippen molar-refractivity contribution in [1.82, 2.24) is 19.7 Å². The summed E-state index contributed by atoms with van der Waals surface area (Å²) in [6.07, 6.45) is 1.82. The lowest BCUT2D eigenvalue weighted by atomic mass is 10.2. The van der Waals surface area contributed by atoms with Crippen LogP contribution in [0.25, 0.3) is 16.4 Å². The van der Waals surface area contributed by atoms with Crippen LogP contribution in [0.1, 0.15) is 11.3 Å². The lowest BCUT2D eigenvalue weighted by Gasteiger charge is -2.10. The van der Waals surface area contributed by atoms with Crippen molar-refractivity contribution in [3.63, 3.8) is 0 Å². The molecule has 3 aromatic heterocycles. The predicted octanol–water partition coefficient (Wildman–Crippen LogP) is 4.99. The van der Waals surface area contributed by atoms with Crippen molar-refractivity contribution in [1.29, 1.82) is 0 Å². The Labute approximate surface area is 154 Å². The second kappa shape index (κ2) is 7.21. The van der Waals surface area contributed by atoms with Crippen molar-refractivity contribution in [3.05, 3.63) is 77.4 Å². The van der Waals surface area contributed by atoms with E-state index in [0.717, 1.165) is 33.0 Å². The van der Waals surface area contributed by atoms with Crippen LogP contribution in [0, 0.1) is 6.92 Å². The van der Waals surface area contributed by atoms with E-state index in [-0.39, 0.29) is 0 Å². The first-order chi connectivity index (χ1) is 12.3. The monoisotopic (exact) mass is 364 g/mol. The maximum absolute atomic E-state index is 4.46. The van der Waals surface area contributed by atoms with Gasteiger partial charge in [0, 0.05) is 11.9 Å². The molecule has 0 unspecified atom stereocenters. The molecule has 0 aliphatic carbocycles. The number of pyridine rings is 1. The van der Waals surface area contributed by atoms with Crippen molar-refractivity contribution < 1.29 is 0 Å². The third-order valence-corrected chi connectivity index (χ3v) is 5.54. The van der Waals surface area contributed by atoms with Gasteiger partial charge in [-0.3, -0.25) is 9.55 Å². The van der Waals surface area contributed by atoms with Crippen LogP contribution < -0.4 is 0 Å². The van der Waals surface area contributed by atoms with Gasteiger partial charge >= 0.3 is 0 Å². The summed E-state index contributed by atoms with van der Waals surface area (Å²) in [4.78, 5) is 5.50. The number of aryl methyl sites for hydroxylation is 1. The van der Waals surface area contributed by atoms with Gasteiger partial charge in [-0.1, -0.05) is 36.0 Å². The number of aromatic nitrogens is 4. The first-order valence-corrected chi connectivity index (χ1v) is 9.77. The molecule has 0 saturated carbocycles. The van der Waals surface area contributed by atoms with Crippen molar-refractivity contribution in [2.45, 2.75) is 17.8 Å². The molecule has 0 spiro atoms. The molecule has 3 heterocycles. The molecule has 0 atom stereocenters. The van der Waals surface area contributed by atoms with E-state index in [9.17, 15) is 0 Å². The van der Waals surface area contributed by atoms with Crippen LogP contribution >= 0.6 is 23.1 Å². The summed E-state index contributed by atoms with van der Waals surface area (Å²) in [5, 5.41) is 11.8. The Kier molecular flexibility index (Phi) is 4.63. The van der Waals surface area contributed by atoms with Gasteiger partial charge in [0.2, 0.25) is 0 Å². The lowest BCUT2D eigenvalue weighted by molar-refractivity contribution is 0.884. The smallest absolute Gasteiger partial charge is 0.196 e. The summed E-state index contributed by atoms with van der Waals surface area (Å²) in [6, 6.07) is 18.5. The van der Waals surface area contributed by atoms with Gasteiger partial charge in [0.1, 0.15) is 0 Å². The normalized spacial score (nSPS) is 10.9. The maximum atomic E-state index is 4.46. The molecule has 25 heavy (non-hydrogen) atoms. The van der Waals surface area contributed by atoms with Crippen LogP contribution in [-0.2, 0) is 5.75 Å². The lowest BCUT2D eigenvalue weighted by Crippen LogP contribution is -1.99. The molecule has 0 saturated heterocycles. The number of thioether (sulfide) groups is 1. The fourth-order valence-corrected chi connectivity index (χ4v) is 4.12. The van der Waals surface area contributed by atoms with Crippen molar-refractivity contribution in [2.75, 3.05) is 0 Å². The number of hydrogen-bond donors (Lipinski definition) is 0. The molecular weight excluding hydrogens is 348 g/mol. The van der Waals surface area contributed by atoms with E-state index >= 15 is 0 Å². The molecule has 0 radical (unpaired) electrons. The Hall–Kier alpha value is -2.44. The van der Waals surface area contributed by atoms with E-state index in [2.05, 4.69) is 62.4 Å². The SMILES string of the molecule is Cc1cccc(-n2c(SCc3ccccn3)nnc2-c2cccs2)c1. The zero-order valence-corrected chi connectivity index (χ0v) is 15.3. The summed E-state index contributed by atoms with van der Waals surface area (Å²) < 4.78 is 2.13. The third kappa shape index (κ3) is 3.50. The van der Waals surface area contributed by atoms with Gasteiger partial charge < -0.3 is 0 Å². The first kappa shape index (κ1) is 16.1. The second-order valence-corrected chi connectivity index (χ2v) is 7.46. The topological polar surface area (TPSA) is 43.6 Å². The fourth-order valence-electron chi connectivity index (χ4n) is 2.55. The summed E-state index contributed by atoms with van der Waals surface area (Å²) in [7, 11) is 0. The zero-order valence-electron chi connectivity index (χ0n) is 13.7. The van der Waals surface area contributed by atoms with Crippen LogP contribution in [0.2, 0.25) is 0 Å². The summed E-state index contributed by atoms with van der Waals surface area (Å²) in [5.41, 5.74) is 3.32. The van der Waals surface area contributed by atoms with Crippen LogP contribution in [0.15, 0.2) is 71.3 Å². The minimum atomic E-state index is 0.759. The molecular formula is C19H16N4S2. The van der Waals surface area contributed by atoms with Crippen LogP contribution in [-0.4, -0.2) is 19.7 Å². The number of nitrogens with zero attached hydrogens (tertiary/aromatic N) is 4. The Bertz CT molecular complexity index is 962. The van der Waals surface area contributed by atoms with E-state index < -0.39 is 0 Å². The average molecular weight is 364 g/mol. The van der Waals surface area contributed by atoms with Gasteiger partial charge in [-0.25, -0.2) is 0 Å². The highest BCUT2D eigenvalue weighted by molar-refractivity contribution is 7.98. The number of benzene rings is 1. The fraction of sp³-hybridized carbons (Fsp3) is 0.105. The molecule has 4 aromatic rings. The maximum Gasteiger partial charge on any atom is 0.196 e. The highest BCUT2D eigenvalue weighted by atomic mass is 32.2. The van der Waals surface area contributed by atoms with Gasteiger partial charge in [0.15, 0.2) is 11.0 Å². The zero-order chi connectivity index (χ0) is 17.1. The van der Waals surface area contributed by atoms with E-state index in [1.165, 1.54) is 5.56 Å². The van der Waals surface area contributed by atoms with Crippen molar-refractivity contribution in [2.24, 2.45) is 0 Å². The van der Waals surface area contributed by atoms with Crippen molar-refractivity contribution >= 4 is 23.1 Å². The molecule has 0 amide bonds. The average Bonchev–Trinajstić information content (AvgIpc) is 3.30. The summed E-state index contributed by atoms with van der Waals surface area (Å²) >= 11 is 3.32. The molecule has 0 fully saturated rings. The Morgan fingerprint density at radius 2 is 2.00 bits per heavy atom. The first-order valence-electron chi connectivity index (χ1n) is 7.90. The van der Waals surface area contributed by atoms with Crippen LogP contribution in [0.5, 0.6) is 0 Å². The van der Waals surface area contributed by atoms with Gasteiger partial charge in [-0.2, -0.15) is 0 Å². The quantitative estimate of drug-likeness (QED) is 0.468. The summed E-state index contributed by atoms with van der Waals surface area (Å²) in [5.74, 6) is 1.64. The van der Waals surface area contributed by atoms with Gasteiger partial charge in [-0.05, 0) is 48.2 Å². The molecule has 0 bridgehead atoms. The molecule has 6 heteroatoms. The van der Waals surface area contributed by atoms with E-state index in [1.54, 1.807) is 23.1 Å². The number of thiophene rings is 1. The van der Waals surface area contributed by atoms with Crippen molar-refractivity contribution in [3.8, 4) is 16.4 Å². The van der Waals surface area contributed by atoms with E-state index in [1.807, 2.05) is 30.5 Å². The van der Waals surface area contributed by atoms with Gasteiger partial charge in [0.05, 0.1) is 16.3 Å². The molecule has 0 N–H and O–H groups in total. The molecule has 4 rings (SSSR count). The highest BCUT2D eigenvalue weighted by Gasteiger charge is 2.17. The Balaban J connectivity index is 1.74. The minimum absolute atomic E-state index is 0.759. The Morgan fingerprint density at radius 1 is 1.04 bits per heavy atom.